The molecule has 3 N–H and O–H groups in total. The maximum absolute atomic E-state index is 14.6. The molecule has 1 aliphatic heterocycles. The van der Waals surface area contributed by atoms with Gasteiger partial charge in [-0.2, -0.15) is 23.3 Å². The molecule has 35 heavy (non-hydrogen) atoms. The lowest BCUT2D eigenvalue weighted by Crippen LogP contribution is -2.35. The van der Waals surface area contributed by atoms with E-state index in [0.29, 0.717) is 19.4 Å². The summed E-state index contributed by atoms with van der Waals surface area (Å²) in [4.78, 5) is 22.1. The number of aromatic nitrogens is 4. The van der Waals surface area contributed by atoms with Gasteiger partial charge in [0.15, 0.2) is 17.3 Å². The van der Waals surface area contributed by atoms with Crippen molar-refractivity contribution in [2.75, 3.05) is 31.2 Å². The molecule has 3 aromatic rings. The number of nitrogens with one attached hydrogen (secondary N) is 1. The maximum Gasteiger partial charge on any atom is 0.433 e. The first-order valence-corrected chi connectivity index (χ1v) is 10.8. The Balaban J connectivity index is 1.56. The molecule has 1 atom stereocenters. The second-order valence-electron chi connectivity index (χ2n) is 7.99. The summed E-state index contributed by atoms with van der Waals surface area (Å²) >= 11 is 5.92. The third-order valence-corrected chi connectivity index (χ3v) is 5.79. The van der Waals surface area contributed by atoms with Crippen molar-refractivity contribution in [3.63, 3.8) is 0 Å². The number of halogens is 5. The van der Waals surface area contributed by atoms with E-state index in [1.165, 1.54) is 6.07 Å². The Morgan fingerprint density at radius 1 is 1.31 bits per heavy atom. The standard InChI is InChI=1S/C21H20ClF4N7O2/c1-32-6-2-3-12(9-32)33-17(21(24,25)26)13(8-30-33)19(34)31-11-4-5-15(14(23)7-11)35-20-16(22)18(27)28-10-29-20/h4-5,7-8,10,12H,2-3,6,9H2,1H3,(H,31,34)(H2,27,28,29). The van der Waals surface area contributed by atoms with Crippen LogP contribution in [0.5, 0.6) is 11.6 Å². The number of nitrogens with zero attached hydrogens (tertiary/aromatic N) is 5. The van der Waals surface area contributed by atoms with Crippen LogP contribution in [-0.2, 0) is 6.18 Å². The van der Waals surface area contributed by atoms with Crippen LogP contribution in [0.2, 0.25) is 5.02 Å². The van der Waals surface area contributed by atoms with E-state index >= 15 is 0 Å². The monoisotopic (exact) mass is 513 g/mol. The zero-order valence-corrected chi connectivity index (χ0v) is 19.1. The van der Waals surface area contributed by atoms with Gasteiger partial charge in [-0.05, 0) is 38.6 Å². The molecule has 1 unspecified atom stereocenters. The molecule has 14 heteroatoms. The fourth-order valence-electron chi connectivity index (χ4n) is 3.83. The van der Waals surface area contributed by atoms with E-state index in [0.717, 1.165) is 35.9 Å². The zero-order chi connectivity index (χ0) is 25.3. The van der Waals surface area contributed by atoms with Gasteiger partial charge in [-0.1, -0.05) is 11.6 Å². The van der Waals surface area contributed by atoms with Crippen LogP contribution >= 0.6 is 11.6 Å². The highest BCUT2D eigenvalue weighted by Gasteiger charge is 2.42. The molecular formula is C21H20ClF4N7O2. The third-order valence-electron chi connectivity index (χ3n) is 5.43. The van der Waals surface area contributed by atoms with Gasteiger partial charge >= 0.3 is 6.18 Å². The van der Waals surface area contributed by atoms with Gasteiger partial charge in [0.1, 0.15) is 17.2 Å². The van der Waals surface area contributed by atoms with Gasteiger partial charge in [0.05, 0.1) is 17.8 Å². The molecule has 1 aromatic carbocycles. The molecule has 0 saturated carbocycles. The quantitative estimate of drug-likeness (QED) is 0.487. The van der Waals surface area contributed by atoms with Crippen molar-refractivity contribution in [2.24, 2.45) is 0 Å². The summed E-state index contributed by atoms with van der Waals surface area (Å²) < 4.78 is 62.5. The van der Waals surface area contributed by atoms with E-state index in [2.05, 4.69) is 20.4 Å². The van der Waals surface area contributed by atoms with Crippen LogP contribution in [0.4, 0.5) is 29.1 Å². The number of nitrogen functional groups attached to an aromatic ring is 1. The first kappa shape index (κ1) is 24.7. The number of likely N-dealkylation sites (tertiary alicyclic amines) is 1. The molecule has 0 aliphatic carbocycles. The number of rotatable bonds is 5. The van der Waals surface area contributed by atoms with Crippen LogP contribution in [0.25, 0.3) is 0 Å². The van der Waals surface area contributed by atoms with E-state index < -0.39 is 35.2 Å². The molecule has 1 saturated heterocycles. The number of likely N-dealkylation sites (N-methyl/N-ethyl adjacent to an activating group) is 1. The summed E-state index contributed by atoms with van der Waals surface area (Å²) in [6.45, 7) is 1.15. The molecular weight excluding hydrogens is 494 g/mol. The highest BCUT2D eigenvalue weighted by Crippen LogP contribution is 2.36. The van der Waals surface area contributed by atoms with Crippen LogP contribution in [0.15, 0.2) is 30.7 Å². The zero-order valence-electron chi connectivity index (χ0n) is 18.3. The van der Waals surface area contributed by atoms with Gasteiger partial charge < -0.3 is 20.7 Å². The minimum Gasteiger partial charge on any atom is -0.434 e. The summed E-state index contributed by atoms with van der Waals surface area (Å²) in [7, 11) is 1.81. The summed E-state index contributed by atoms with van der Waals surface area (Å²) in [5.74, 6) is -2.55. The molecule has 0 spiro atoms. The Hall–Kier alpha value is -3.45. The first-order valence-electron chi connectivity index (χ1n) is 10.4. The summed E-state index contributed by atoms with van der Waals surface area (Å²) in [6, 6.07) is 2.77. The van der Waals surface area contributed by atoms with Crippen molar-refractivity contribution >= 4 is 29.0 Å². The van der Waals surface area contributed by atoms with Crippen molar-refractivity contribution in [3.8, 4) is 11.6 Å². The highest BCUT2D eigenvalue weighted by molar-refractivity contribution is 6.34. The molecule has 186 valence electrons. The lowest BCUT2D eigenvalue weighted by atomic mass is 10.1. The van der Waals surface area contributed by atoms with Gasteiger partial charge in [0, 0.05) is 18.3 Å². The van der Waals surface area contributed by atoms with Crippen LogP contribution < -0.4 is 15.8 Å². The Morgan fingerprint density at radius 3 is 2.77 bits per heavy atom. The summed E-state index contributed by atoms with van der Waals surface area (Å²) in [5.41, 5.74) is 3.66. The number of amides is 1. The Kier molecular flexibility index (Phi) is 6.81. The fourth-order valence-corrected chi connectivity index (χ4v) is 3.96. The normalized spacial score (nSPS) is 16.8. The summed E-state index contributed by atoms with van der Waals surface area (Å²) in [5, 5.41) is 6.04. The second kappa shape index (κ2) is 9.66. The molecule has 2 aromatic heterocycles. The molecule has 9 nitrogen and oxygen atoms in total. The van der Waals surface area contributed by atoms with Crippen molar-refractivity contribution in [1.29, 1.82) is 0 Å². The molecule has 1 aliphatic rings. The minimum atomic E-state index is -4.82. The number of piperidine rings is 1. The number of benzene rings is 1. The van der Waals surface area contributed by atoms with Crippen molar-refractivity contribution in [2.45, 2.75) is 25.1 Å². The van der Waals surface area contributed by atoms with E-state index in [4.69, 9.17) is 22.1 Å². The van der Waals surface area contributed by atoms with Crippen molar-refractivity contribution in [1.82, 2.24) is 24.6 Å². The van der Waals surface area contributed by atoms with E-state index in [-0.39, 0.29) is 28.2 Å². The molecule has 0 bridgehead atoms. The summed E-state index contributed by atoms with van der Waals surface area (Å²) in [6.07, 6.45) is -1.65. The Bertz CT molecular complexity index is 1250. The smallest absolute Gasteiger partial charge is 0.433 e. The van der Waals surface area contributed by atoms with Gasteiger partial charge in [0.2, 0.25) is 5.88 Å². The van der Waals surface area contributed by atoms with Gasteiger partial charge in [0.25, 0.3) is 5.91 Å². The van der Waals surface area contributed by atoms with Crippen molar-refractivity contribution < 1.29 is 27.1 Å². The number of hydrogen-bond donors (Lipinski definition) is 2. The highest BCUT2D eigenvalue weighted by atomic mass is 35.5. The lowest BCUT2D eigenvalue weighted by molar-refractivity contribution is -0.145. The number of nitrogens with two attached hydrogens (primary N) is 1. The first-order chi connectivity index (χ1) is 16.5. The SMILES string of the molecule is CN1CCCC(n2ncc(C(=O)Nc3ccc(Oc4ncnc(N)c4Cl)c(F)c3)c2C(F)(F)F)C1. The topological polar surface area (TPSA) is 111 Å². The number of ether oxygens (including phenoxy) is 1. The number of alkyl halides is 3. The third kappa shape index (κ3) is 5.30. The molecule has 1 fully saturated rings. The van der Waals surface area contributed by atoms with Gasteiger partial charge in [-0.3, -0.25) is 9.48 Å². The average Bonchev–Trinajstić information content (AvgIpc) is 3.25. The van der Waals surface area contributed by atoms with Gasteiger partial charge in [-0.25, -0.2) is 9.37 Å². The fraction of sp³-hybridized carbons (Fsp3) is 0.333. The van der Waals surface area contributed by atoms with Crippen LogP contribution in [0, 0.1) is 5.82 Å². The Labute approximate surface area is 201 Å². The predicted molar refractivity (Wildman–Crippen MR) is 119 cm³/mol. The average molecular weight is 514 g/mol. The lowest BCUT2D eigenvalue weighted by Gasteiger charge is -2.31. The van der Waals surface area contributed by atoms with Gasteiger partial charge in [-0.15, -0.1) is 0 Å². The molecule has 3 heterocycles. The molecule has 4 rings (SSSR count). The van der Waals surface area contributed by atoms with Crippen LogP contribution in [0.3, 0.4) is 0 Å². The largest absolute Gasteiger partial charge is 0.434 e. The number of carbonyl (C=O) groups is 1. The van der Waals surface area contributed by atoms with Crippen molar-refractivity contribution in [3.05, 3.63) is 52.8 Å². The van der Waals surface area contributed by atoms with Crippen LogP contribution in [0.1, 0.15) is 34.9 Å². The number of anilines is 2. The van der Waals surface area contributed by atoms with E-state index in [1.807, 2.05) is 11.9 Å². The number of hydrogen-bond acceptors (Lipinski definition) is 7. The second-order valence-corrected chi connectivity index (χ2v) is 8.36. The molecule has 0 radical (unpaired) electrons. The number of carbonyl (C=O) groups excluding carboxylic acids is 1. The molecule has 1 amide bonds. The van der Waals surface area contributed by atoms with E-state index in [9.17, 15) is 22.4 Å². The van der Waals surface area contributed by atoms with E-state index in [1.54, 1.807) is 0 Å². The predicted octanol–water partition coefficient (Wildman–Crippen LogP) is 4.38. The maximum atomic E-state index is 14.6. The minimum absolute atomic E-state index is 0.0677. The Morgan fingerprint density at radius 2 is 2.09 bits per heavy atom. The van der Waals surface area contributed by atoms with Crippen LogP contribution in [-0.4, -0.2) is 50.7 Å².